The third-order valence-corrected chi connectivity index (χ3v) is 1.82. The Hall–Kier alpha value is -1.36. The fourth-order valence-electron chi connectivity index (χ4n) is 1.13. The topological polar surface area (TPSA) is 87.1 Å². The maximum absolute atomic E-state index is 10.7. The molecule has 1 aliphatic rings. The number of epoxide rings is 1. The van der Waals surface area contributed by atoms with E-state index in [1.54, 1.807) is 6.92 Å². The van der Waals surface area contributed by atoms with E-state index in [-0.39, 0.29) is 17.6 Å². The van der Waals surface area contributed by atoms with Crippen LogP contribution in [0.3, 0.4) is 0 Å². The van der Waals surface area contributed by atoms with Gasteiger partial charge in [0.1, 0.15) is 6.10 Å². The zero-order chi connectivity index (χ0) is 10.0. The molecule has 0 aromatic carbocycles. The summed E-state index contributed by atoms with van der Waals surface area (Å²) < 4.78 is 4.76. The fraction of sp³-hybridized carbons (Fsp3) is 0.500. The lowest BCUT2D eigenvalue weighted by Crippen LogP contribution is -2.15. The molecule has 2 N–H and O–H groups in total. The number of rotatable bonds is 4. The summed E-state index contributed by atoms with van der Waals surface area (Å²) in [7, 11) is 0. The van der Waals surface area contributed by atoms with Crippen LogP contribution in [0.2, 0.25) is 0 Å². The highest BCUT2D eigenvalue weighted by Gasteiger charge is 2.35. The third kappa shape index (κ3) is 2.06. The monoisotopic (exact) mass is 186 g/mol. The van der Waals surface area contributed by atoms with Gasteiger partial charge < -0.3 is 14.9 Å². The van der Waals surface area contributed by atoms with Crippen molar-refractivity contribution < 1.29 is 24.5 Å². The molecule has 5 heteroatoms. The van der Waals surface area contributed by atoms with Crippen LogP contribution in [-0.4, -0.2) is 34.9 Å². The Balaban J connectivity index is 3.03. The van der Waals surface area contributed by atoms with Crippen LogP contribution in [0.15, 0.2) is 11.1 Å². The van der Waals surface area contributed by atoms with Gasteiger partial charge in [0.25, 0.3) is 0 Å². The van der Waals surface area contributed by atoms with Gasteiger partial charge in [0.2, 0.25) is 0 Å². The number of carboxylic acids is 2. The van der Waals surface area contributed by atoms with E-state index in [0.717, 1.165) is 0 Å². The van der Waals surface area contributed by atoms with Gasteiger partial charge in [0.05, 0.1) is 12.2 Å². The van der Waals surface area contributed by atoms with Crippen LogP contribution >= 0.6 is 0 Å². The third-order valence-electron chi connectivity index (χ3n) is 1.82. The number of aliphatic carboxylic acids is 2. The van der Waals surface area contributed by atoms with E-state index in [1.807, 2.05) is 0 Å². The summed E-state index contributed by atoms with van der Waals surface area (Å²) in [4.78, 5) is 21.3. The molecule has 72 valence electrons. The summed E-state index contributed by atoms with van der Waals surface area (Å²) in [6.07, 6.45) is -0.333. The van der Waals surface area contributed by atoms with Crippen molar-refractivity contribution in [3.05, 3.63) is 11.1 Å². The standard InChI is InChI=1S/C8H10O5/c1-2-4(7(9)10)6(8(11)12)5-3-13-5/h5H,2-3H2,1H3,(H,9,10)(H,11,12)/b6-4-. The molecule has 5 nitrogen and oxygen atoms in total. The second-order valence-electron chi connectivity index (χ2n) is 2.68. The van der Waals surface area contributed by atoms with Gasteiger partial charge in [-0.2, -0.15) is 0 Å². The summed E-state index contributed by atoms with van der Waals surface area (Å²) in [6.45, 7) is 1.91. The molecule has 0 spiro atoms. The summed E-state index contributed by atoms with van der Waals surface area (Å²) in [5.74, 6) is -2.39. The van der Waals surface area contributed by atoms with Crippen molar-refractivity contribution in [3.63, 3.8) is 0 Å². The molecule has 0 saturated carbocycles. The first kappa shape index (κ1) is 9.73. The van der Waals surface area contributed by atoms with Gasteiger partial charge in [0.15, 0.2) is 0 Å². The lowest BCUT2D eigenvalue weighted by Gasteiger charge is -2.02. The molecule has 0 aromatic heterocycles. The number of carbonyl (C=O) groups is 2. The van der Waals surface area contributed by atoms with E-state index in [4.69, 9.17) is 14.9 Å². The van der Waals surface area contributed by atoms with Crippen molar-refractivity contribution in [1.29, 1.82) is 0 Å². The lowest BCUT2D eigenvalue weighted by atomic mass is 10.0. The Labute approximate surface area is 74.6 Å². The van der Waals surface area contributed by atoms with Gasteiger partial charge in [-0.25, -0.2) is 9.59 Å². The van der Waals surface area contributed by atoms with Crippen molar-refractivity contribution in [2.45, 2.75) is 19.4 Å². The second kappa shape index (κ2) is 3.57. The first-order valence-electron chi connectivity index (χ1n) is 3.89. The molecule has 0 amide bonds. The van der Waals surface area contributed by atoms with Crippen molar-refractivity contribution in [3.8, 4) is 0 Å². The second-order valence-corrected chi connectivity index (χ2v) is 2.68. The van der Waals surface area contributed by atoms with Crippen LogP contribution in [0.25, 0.3) is 0 Å². The van der Waals surface area contributed by atoms with Crippen LogP contribution in [0.1, 0.15) is 13.3 Å². The normalized spacial score (nSPS) is 22.1. The van der Waals surface area contributed by atoms with E-state index in [9.17, 15) is 9.59 Å². The minimum absolute atomic E-state index is 0.0741. The van der Waals surface area contributed by atoms with Gasteiger partial charge in [0, 0.05) is 5.57 Å². The van der Waals surface area contributed by atoms with Crippen molar-refractivity contribution in [2.24, 2.45) is 0 Å². The summed E-state index contributed by atoms with van der Waals surface area (Å²) >= 11 is 0. The highest BCUT2D eigenvalue weighted by atomic mass is 16.6. The van der Waals surface area contributed by atoms with Gasteiger partial charge in [-0.05, 0) is 6.42 Å². The summed E-state index contributed by atoms with van der Waals surface area (Å²) in [5, 5.41) is 17.4. The Morgan fingerprint density at radius 2 is 1.92 bits per heavy atom. The van der Waals surface area contributed by atoms with Crippen molar-refractivity contribution in [2.75, 3.05) is 6.61 Å². The molecule has 1 fully saturated rings. The first-order valence-corrected chi connectivity index (χ1v) is 3.89. The maximum Gasteiger partial charge on any atom is 0.334 e. The van der Waals surface area contributed by atoms with E-state index < -0.39 is 18.0 Å². The number of hydrogen-bond donors (Lipinski definition) is 2. The van der Waals surface area contributed by atoms with E-state index in [1.165, 1.54) is 0 Å². The fourth-order valence-corrected chi connectivity index (χ4v) is 1.13. The molecule has 1 saturated heterocycles. The minimum Gasteiger partial charge on any atom is -0.478 e. The minimum atomic E-state index is -1.21. The van der Waals surface area contributed by atoms with Gasteiger partial charge >= 0.3 is 11.9 Å². The molecular formula is C8H10O5. The van der Waals surface area contributed by atoms with E-state index >= 15 is 0 Å². The van der Waals surface area contributed by atoms with Crippen LogP contribution in [0, 0.1) is 0 Å². The SMILES string of the molecule is CC/C(C(=O)O)=C(/C(=O)O)C1CO1. The maximum atomic E-state index is 10.7. The zero-order valence-corrected chi connectivity index (χ0v) is 7.11. The van der Waals surface area contributed by atoms with Crippen LogP contribution < -0.4 is 0 Å². The highest BCUT2D eigenvalue weighted by Crippen LogP contribution is 2.24. The largest absolute Gasteiger partial charge is 0.478 e. The quantitative estimate of drug-likeness (QED) is 0.485. The molecule has 1 atom stereocenters. The Bertz CT molecular complexity index is 274. The molecule has 1 rings (SSSR count). The summed E-state index contributed by atoms with van der Waals surface area (Å²) in [5.41, 5.74) is -0.190. The van der Waals surface area contributed by atoms with Gasteiger partial charge in [-0.3, -0.25) is 0 Å². The van der Waals surface area contributed by atoms with Crippen LogP contribution in [-0.2, 0) is 14.3 Å². The molecule has 0 aliphatic carbocycles. The predicted molar refractivity (Wildman–Crippen MR) is 42.3 cm³/mol. The molecule has 1 unspecified atom stereocenters. The van der Waals surface area contributed by atoms with Crippen LogP contribution in [0.5, 0.6) is 0 Å². The molecule has 1 aliphatic heterocycles. The van der Waals surface area contributed by atoms with Crippen LogP contribution in [0.4, 0.5) is 0 Å². The smallest absolute Gasteiger partial charge is 0.334 e. The van der Waals surface area contributed by atoms with Gasteiger partial charge in [-0.15, -0.1) is 0 Å². The first-order chi connectivity index (χ1) is 6.07. The average Bonchev–Trinajstić information content (AvgIpc) is 2.80. The molecule has 0 aromatic rings. The lowest BCUT2D eigenvalue weighted by molar-refractivity contribution is -0.136. The zero-order valence-electron chi connectivity index (χ0n) is 7.11. The number of carboxylic acid groups (broad SMARTS) is 2. The predicted octanol–water partition coefficient (Wildman–Crippen LogP) is 0.261. The Morgan fingerprint density at radius 3 is 2.15 bits per heavy atom. The van der Waals surface area contributed by atoms with E-state index in [0.29, 0.717) is 6.61 Å². The molecule has 0 bridgehead atoms. The van der Waals surface area contributed by atoms with E-state index in [2.05, 4.69) is 0 Å². The molecule has 0 radical (unpaired) electrons. The van der Waals surface area contributed by atoms with Crippen molar-refractivity contribution in [1.82, 2.24) is 0 Å². The average molecular weight is 186 g/mol. The molecule has 1 heterocycles. The number of ether oxygens (including phenoxy) is 1. The highest BCUT2D eigenvalue weighted by molar-refractivity contribution is 5.99. The Morgan fingerprint density at radius 1 is 1.38 bits per heavy atom. The molecule has 13 heavy (non-hydrogen) atoms. The van der Waals surface area contributed by atoms with Gasteiger partial charge in [-0.1, -0.05) is 6.92 Å². The van der Waals surface area contributed by atoms with Crippen molar-refractivity contribution >= 4 is 11.9 Å². The molecular weight excluding hydrogens is 176 g/mol. The Kier molecular flexibility index (Phi) is 2.67. The number of hydrogen-bond acceptors (Lipinski definition) is 3. The summed E-state index contributed by atoms with van der Waals surface area (Å²) in [6, 6.07) is 0.